The second-order valence-electron chi connectivity index (χ2n) is 4.85. The molecule has 5 heteroatoms. The van der Waals surface area contributed by atoms with E-state index in [1.54, 1.807) is 11.3 Å². The number of piperidine rings is 1. The average molecular weight is 262 g/mol. The molecule has 0 atom stereocenters. The lowest BCUT2D eigenvalue weighted by Gasteiger charge is -2.21. The molecule has 0 radical (unpaired) electrons. The van der Waals surface area contributed by atoms with Crippen LogP contribution in [0.3, 0.4) is 0 Å². The Balaban J connectivity index is 1.76. The van der Waals surface area contributed by atoms with Gasteiger partial charge in [-0.2, -0.15) is 5.10 Å². The molecule has 3 rings (SSSR count). The van der Waals surface area contributed by atoms with E-state index >= 15 is 0 Å². The van der Waals surface area contributed by atoms with Gasteiger partial charge in [0.15, 0.2) is 5.82 Å². The zero-order chi connectivity index (χ0) is 12.4. The van der Waals surface area contributed by atoms with Crippen LogP contribution in [-0.2, 0) is 13.5 Å². The number of thiophene rings is 1. The highest BCUT2D eigenvalue weighted by molar-refractivity contribution is 7.13. The first-order valence-corrected chi connectivity index (χ1v) is 7.35. The van der Waals surface area contributed by atoms with Crippen molar-refractivity contribution in [2.24, 2.45) is 13.0 Å². The third-order valence-corrected chi connectivity index (χ3v) is 4.39. The number of rotatable bonds is 3. The topological polar surface area (TPSA) is 42.7 Å². The zero-order valence-corrected chi connectivity index (χ0v) is 11.4. The molecule has 18 heavy (non-hydrogen) atoms. The largest absolute Gasteiger partial charge is 0.317 e. The first kappa shape index (κ1) is 11.9. The van der Waals surface area contributed by atoms with Crippen LogP contribution in [0, 0.1) is 5.92 Å². The lowest BCUT2D eigenvalue weighted by atomic mass is 9.94. The first-order chi connectivity index (χ1) is 8.83. The van der Waals surface area contributed by atoms with Crippen molar-refractivity contribution >= 4 is 11.3 Å². The van der Waals surface area contributed by atoms with Gasteiger partial charge < -0.3 is 5.32 Å². The molecule has 0 aromatic carbocycles. The van der Waals surface area contributed by atoms with Crippen molar-refractivity contribution in [3.05, 3.63) is 23.3 Å². The smallest absolute Gasteiger partial charge is 0.191 e. The first-order valence-electron chi connectivity index (χ1n) is 6.47. The Morgan fingerprint density at radius 3 is 3.00 bits per heavy atom. The summed E-state index contributed by atoms with van der Waals surface area (Å²) in [6, 6.07) is 4.12. The van der Waals surface area contributed by atoms with E-state index < -0.39 is 0 Å². The van der Waals surface area contributed by atoms with Crippen LogP contribution in [0.25, 0.3) is 10.7 Å². The predicted octanol–water partition coefficient (Wildman–Crippen LogP) is 2.09. The van der Waals surface area contributed by atoms with Crippen LogP contribution in [0.4, 0.5) is 0 Å². The second kappa shape index (κ2) is 5.20. The quantitative estimate of drug-likeness (QED) is 0.921. The van der Waals surface area contributed by atoms with Gasteiger partial charge in [-0.05, 0) is 43.3 Å². The Hall–Kier alpha value is -1.20. The summed E-state index contributed by atoms with van der Waals surface area (Å²) in [5.74, 6) is 2.74. The molecule has 3 heterocycles. The van der Waals surface area contributed by atoms with Crippen molar-refractivity contribution < 1.29 is 0 Å². The van der Waals surface area contributed by atoms with Gasteiger partial charge in [0.25, 0.3) is 0 Å². The lowest BCUT2D eigenvalue weighted by molar-refractivity contribution is 0.363. The maximum absolute atomic E-state index is 4.69. The second-order valence-corrected chi connectivity index (χ2v) is 5.80. The van der Waals surface area contributed by atoms with Crippen molar-refractivity contribution in [1.29, 1.82) is 0 Å². The molecule has 0 aliphatic carbocycles. The maximum Gasteiger partial charge on any atom is 0.191 e. The SMILES string of the molecule is Cn1nc(-c2cccs2)nc1CC1CCNCC1. The van der Waals surface area contributed by atoms with Gasteiger partial charge >= 0.3 is 0 Å². The molecular formula is C13H18N4S. The lowest BCUT2D eigenvalue weighted by Crippen LogP contribution is -2.29. The molecule has 2 aromatic rings. The molecule has 0 bridgehead atoms. The van der Waals surface area contributed by atoms with Gasteiger partial charge in [-0.3, -0.25) is 4.68 Å². The van der Waals surface area contributed by atoms with Gasteiger partial charge in [-0.1, -0.05) is 6.07 Å². The molecule has 0 saturated carbocycles. The van der Waals surface area contributed by atoms with Crippen LogP contribution in [0.15, 0.2) is 17.5 Å². The standard InChI is InChI=1S/C13H18N4S/c1-17-12(9-10-4-6-14-7-5-10)15-13(16-17)11-3-2-8-18-11/h2-3,8,10,14H,4-7,9H2,1H3. The third-order valence-electron chi connectivity index (χ3n) is 3.52. The van der Waals surface area contributed by atoms with E-state index in [1.165, 1.54) is 12.8 Å². The fourth-order valence-corrected chi connectivity index (χ4v) is 3.10. The summed E-state index contributed by atoms with van der Waals surface area (Å²) in [4.78, 5) is 5.84. The van der Waals surface area contributed by atoms with Crippen molar-refractivity contribution in [3.63, 3.8) is 0 Å². The highest BCUT2D eigenvalue weighted by Gasteiger charge is 2.17. The van der Waals surface area contributed by atoms with Crippen LogP contribution in [-0.4, -0.2) is 27.9 Å². The molecular weight excluding hydrogens is 244 g/mol. The van der Waals surface area contributed by atoms with E-state index in [9.17, 15) is 0 Å². The highest BCUT2D eigenvalue weighted by Crippen LogP contribution is 2.23. The molecule has 96 valence electrons. The van der Waals surface area contributed by atoms with Gasteiger partial charge in [0.2, 0.25) is 0 Å². The van der Waals surface area contributed by atoms with E-state index in [-0.39, 0.29) is 0 Å². The summed E-state index contributed by atoms with van der Waals surface area (Å²) >= 11 is 1.70. The maximum atomic E-state index is 4.69. The van der Waals surface area contributed by atoms with E-state index in [4.69, 9.17) is 0 Å². The van der Waals surface area contributed by atoms with Gasteiger partial charge in [-0.15, -0.1) is 11.3 Å². The fraction of sp³-hybridized carbons (Fsp3) is 0.538. The molecule has 4 nitrogen and oxygen atoms in total. The van der Waals surface area contributed by atoms with E-state index in [0.717, 1.165) is 42.0 Å². The van der Waals surface area contributed by atoms with E-state index in [1.807, 2.05) is 17.8 Å². The summed E-state index contributed by atoms with van der Waals surface area (Å²) in [5, 5.41) is 9.99. The zero-order valence-electron chi connectivity index (χ0n) is 10.6. The number of nitrogens with one attached hydrogen (secondary N) is 1. The van der Waals surface area contributed by atoms with Gasteiger partial charge in [0.05, 0.1) is 4.88 Å². The number of hydrogen-bond donors (Lipinski definition) is 1. The minimum Gasteiger partial charge on any atom is -0.317 e. The summed E-state index contributed by atoms with van der Waals surface area (Å²) in [6.45, 7) is 2.28. The van der Waals surface area contributed by atoms with Crippen LogP contribution in [0.5, 0.6) is 0 Å². The van der Waals surface area contributed by atoms with Crippen LogP contribution in [0.2, 0.25) is 0 Å². The summed E-state index contributed by atoms with van der Waals surface area (Å²) in [6.07, 6.45) is 3.55. The Morgan fingerprint density at radius 2 is 2.28 bits per heavy atom. The molecule has 1 saturated heterocycles. The fourth-order valence-electron chi connectivity index (χ4n) is 2.45. The van der Waals surface area contributed by atoms with E-state index in [0.29, 0.717) is 0 Å². The van der Waals surface area contributed by atoms with Crippen molar-refractivity contribution in [2.75, 3.05) is 13.1 Å². The molecule has 1 N–H and O–H groups in total. The van der Waals surface area contributed by atoms with Gasteiger partial charge in [0.1, 0.15) is 5.82 Å². The summed E-state index contributed by atoms with van der Waals surface area (Å²) in [5.41, 5.74) is 0. The molecule has 1 aliphatic rings. The molecule has 1 fully saturated rings. The molecule has 1 aliphatic heterocycles. The Bertz CT molecular complexity index is 497. The third kappa shape index (κ3) is 2.47. The monoisotopic (exact) mass is 262 g/mol. The van der Waals surface area contributed by atoms with Crippen molar-refractivity contribution in [3.8, 4) is 10.7 Å². The normalized spacial score (nSPS) is 17.2. The van der Waals surface area contributed by atoms with Gasteiger partial charge in [0, 0.05) is 13.5 Å². The summed E-state index contributed by atoms with van der Waals surface area (Å²) < 4.78 is 1.94. The number of hydrogen-bond acceptors (Lipinski definition) is 4. The Labute approximate surface area is 111 Å². The molecule has 0 amide bonds. The van der Waals surface area contributed by atoms with E-state index in [2.05, 4.69) is 26.8 Å². The van der Waals surface area contributed by atoms with Crippen molar-refractivity contribution in [1.82, 2.24) is 20.1 Å². The summed E-state index contributed by atoms with van der Waals surface area (Å²) in [7, 11) is 2.00. The highest BCUT2D eigenvalue weighted by atomic mass is 32.1. The number of aromatic nitrogens is 3. The number of nitrogens with zero attached hydrogens (tertiary/aromatic N) is 3. The molecule has 2 aromatic heterocycles. The van der Waals surface area contributed by atoms with Crippen LogP contribution in [0.1, 0.15) is 18.7 Å². The van der Waals surface area contributed by atoms with Gasteiger partial charge in [-0.25, -0.2) is 4.98 Å². The number of aryl methyl sites for hydroxylation is 1. The Morgan fingerprint density at radius 1 is 1.44 bits per heavy atom. The molecule has 0 unspecified atom stereocenters. The average Bonchev–Trinajstić information content (AvgIpc) is 3.01. The molecule has 0 spiro atoms. The van der Waals surface area contributed by atoms with Crippen LogP contribution >= 0.6 is 11.3 Å². The van der Waals surface area contributed by atoms with Crippen molar-refractivity contribution in [2.45, 2.75) is 19.3 Å². The minimum absolute atomic E-state index is 0.755. The van der Waals surface area contributed by atoms with Crippen LogP contribution < -0.4 is 5.32 Å². The Kier molecular flexibility index (Phi) is 3.43. The minimum atomic E-state index is 0.755. The predicted molar refractivity (Wildman–Crippen MR) is 73.6 cm³/mol.